The molecule has 6 rings (SSSR count). The van der Waals surface area contributed by atoms with Crippen LogP contribution in [0, 0.1) is 6.57 Å². The number of nitrogens with zero attached hydrogens (tertiary/aromatic N) is 5. The number of anilines is 4. The minimum Gasteiger partial charge on any atom is -0.366 e. The summed E-state index contributed by atoms with van der Waals surface area (Å²) in [7, 11) is 0. The first kappa shape index (κ1) is 37.0. The van der Waals surface area contributed by atoms with Crippen molar-refractivity contribution < 1.29 is 31.1 Å². The van der Waals surface area contributed by atoms with E-state index < -0.39 is 29.6 Å². The van der Waals surface area contributed by atoms with Crippen LogP contribution in [-0.2, 0) is 12.4 Å². The number of carbonyl (C=O) groups is 1. The molecule has 4 heterocycles. The minimum atomic E-state index is -4.51. The lowest BCUT2D eigenvalue weighted by atomic mass is 10.1. The Morgan fingerprint density at radius 3 is 1.60 bits per heavy atom. The van der Waals surface area contributed by atoms with Gasteiger partial charge < -0.3 is 16.4 Å². The maximum atomic E-state index is 12.7. The summed E-state index contributed by atoms with van der Waals surface area (Å²) in [4.78, 5) is 30.3. The number of nitrogens with one attached hydrogen (secondary N) is 2. The lowest BCUT2D eigenvalue weighted by Crippen LogP contribution is -2.10. The third kappa shape index (κ3) is 9.61. The number of aromatic nitrogens is 4. The average Bonchev–Trinajstić information content (AvgIpc) is 3.75. The number of pyridine rings is 2. The van der Waals surface area contributed by atoms with E-state index in [1.54, 1.807) is 53.2 Å². The molecule has 0 fully saturated rings. The van der Waals surface area contributed by atoms with Crippen LogP contribution in [0.5, 0.6) is 0 Å². The summed E-state index contributed by atoms with van der Waals surface area (Å²) in [6, 6.07) is 20.8. The van der Waals surface area contributed by atoms with Crippen molar-refractivity contribution >= 4 is 56.2 Å². The van der Waals surface area contributed by atoms with Crippen molar-refractivity contribution in [3.8, 4) is 22.5 Å². The number of carbonyl (C=O) groups excluding carboxylic acids is 1. The van der Waals surface area contributed by atoms with Crippen LogP contribution in [0.2, 0.25) is 0 Å². The van der Waals surface area contributed by atoms with E-state index >= 15 is 0 Å². The number of alkyl halides is 6. The van der Waals surface area contributed by atoms with E-state index in [1.165, 1.54) is 46.9 Å². The van der Waals surface area contributed by atoms with Crippen LogP contribution in [0.3, 0.4) is 0 Å². The van der Waals surface area contributed by atoms with Gasteiger partial charge in [0.2, 0.25) is 5.91 Å². The van der Waals surface area contributed by atoms with Crippen LogP contribution in [0.15, 0.2) is 95.7 Å². The van der Waals surface area contributed by atoms with E-state index in [-0.39, 0.29) is 19.1 Å². The van der Waals surface area contributed by atoms with Crippen molar-refractivity contribution in [1.29, 1.82) is 0 Å². The molecule has 6 aromatic rings. The predicted octanol–water partition coefficient (Wildman–Crippen LogP) is 10.2. The molecule has 0 bridgehead atoms. The molecule has 50 heavy (non-hydrogen) atoms. The molecule has 17 heteroatoms. The molecule has 0 saturated heterocycles. The average molecular weight is 727 g/mol. The van der Waals surface area contributed by atoms with Crippen molar-refractivity contribution in [2.24, 2.45) is 5.73 Å². The Balaban J connectivity index is 0.000000220. The first-order valence-corrected chi connectivity index (χ1v) is 15.5. The normalized spacial score (nSPS) is 11.0. The lowest BCUT2D eigenvalue weighted by molar-refractivity contribution is -0.141. The number of amides is 1. The molecule has 256 valence electrons. The highest BCUT2D eigenvalue weighted by Crippen LogP contribution is 2.32. The van der Waals surface area contributed by atoms with Gasteiger partial charge in [-0.3, -0.25) is 4.79 Å². The highest BCUT2D eigenvalue weighted by molar-refractivity contribution is 7.14. The molecule has 0 unspecified atom stereocenters. The Morgan fingerprint density at radius 2 is 1.14 bits per heavy atom. The molecule has 9 nitrogen and oxygen atoms in total. The summed E-state index contributed by atoms with van der Waals surface area (Å²) in [6.07, 6.45) is -9.01. The fraction of sp³-hybridized carbons (Fsp3) is 0.0909. The number of thiazole rings is 2. The van der Waals surface area contributed by atoms with Crippen molar-refractivity contribution in [2.45, 2.75) is 19.8 Å². The van der Waals surface area contributed by atoms with Gasteiger partial charge in [-0.2, -0.15) is 26.3 Å². The van der Waals surface area contributed by atoms with E-state index in [4.69, 9.17) is 12.3 Å². The second kappa shape index (κ2) is 15.6. The number of nitrogens with two attached hydrogens (primary N) is 1. The molecule has 0 aliphatic rings. The number of primary amides is 1. The standard InChI is InChI=1S/C16H11F3N4OS.C16H9F3N4S.CH4/c17-16(18,19)12-5-2-6-13(22-12)23-15-21-11(8-25-15)9-3-1-4-10(7-9)14(20)24;1-20-11-5-2-4-10(8-11)12-9-24-15(21-12)23-14-7-3-6-13(22-14)16(17,18)19;/h1-8H,(H2,20,24)(H,21,22,23);2-9H,(H,21,22,23);1H4. The molecule has 0 aliphatic heterocycles. The van der Waals surface area contributed by atoms with E-state index in [0.29, 0.717) is 38.5 Å². The van der Waals surface area contributed by atoms with Gasteiger partial charge in [-0.1, -0.05) is 49.9 Å². The summed E-state index contributed by atoms with van der Waals surface area (Å²) >= 11 is 2.45. The van der Waals surface area contributed by atoms with Gasteiger partial charge in [-0.25, -0.2) is 24.8 Å². The summed E-state index contributed by atoms with van der Waals surface area (Å²) < 4.78 is 76.1. The summed E-state index contributed by atoms with van der Waals surface area (Å²) in [6.45, 7) is 7.02. The van der Waals surface area contributed by atoms with E-state index in [0.717, 1.165) is 17.7 Å². The Hall–Kier alpha value is -5.86. The Morgan fingerprint density at radius 1 is 0.680 bits per heavy atom. The van der Waals surface area contributed by atoms with Crippen LogP contribution < -0.4 is 16.4 Å². The van der Waals surface area contributed by atoms with Gasteiger partial charge in [-0.05, 0) is 48.0 Å². The molecule has 0 saturated carbocycles. The van der Waals surface area contributed by atoms with E-state index in [1.807, 2.05) is 6.07 Å². The van der Waals surface area contributed by atoms with Gasteiger partial charge >= 0.3 is 12.4 Å². The third-order valence-electron chi connectivity index (χ3n) is 6.27. The number of halogens is 6. The molecular formula is C33H24F6N8OS2. The highest BCUT2D eigenvalue weighted by Gasteiger charge is 2.33. The zero-order valence-electron chi connectivity index (χ0n) is 24.5. The number of benzene rings is 2. The second-order valence-corrected chi connectivity index (χ2v) is 11.5. The van der Waals surface area contributed by atoms with Gasteiger partial charge in [0.15, 0.2) is 16.0 Å². The first-order valence-electron chi connectivity index (χ1n) is 13.7. The smallest absolute Gasteiger partial charge is 0.366 e. The van der Waals surface area contributed by atoms with Gasteiger partial charge in [0.1, 0.15) is 23.0 Å². The second-order valence-electron chi connectivity index (χ2n) is 9.74. The first-order chi connectivity index (χ1) is 23.3. The zero-order chi connectivity index (χ0) is 35.2. The van der Waals surface area contributed by atoms with Gasteiger partial charge in [-0.15, -0.1) is 22.7 Å². The minimum absolute atomic E-state index is 0. The zero-order valence-corrected chi connectivity index (χ0v) is 26.2. The Kier molecular flexibility index (Phi) is 11.5. The van der Waals surface area contributed by atoms with Gasteiger partial charge in [0.25, 0.3) is 0 Å². The molecule has 0 atom stereocenters. The van der Waals surface area contributed by atoms with Crippen molar-refractivity contribution in [3.63, 3.8) is 0 Å². The summed E-state index contributed by atoms with van der Waals surface area (Å²) in [5.74, 6) is -0.439. The number of hydrogen-bond donors (Lipinski definition) is 3. The van der Waals surface area contributed by atoms with Crippen molar-refractivity contribution in [2.75, 3.05) is 10.6 Å². The number of rotatable bonds is 7. The summed E-state index contributed by atoms with van der Waals surface area (Å²) in [5, 5.41) is 9.80. The molecule has 0 aliphatic carbocycles. The molecular weight excluding hydrogens is 703 g/mol. The molecule has 4 aromatic heterocycles. The monoisotopic (exact) mass is 726 g/mol. The van der Waals surface area contributed by atoms with Crippen LogP contribution >= 0.6 is 22.7 Å². The van der Waals surface area contributed by atoms with E-state index in [9.17, 15) is 31.1 Å². The lowest BCUT2D eigenvalue weighted by Gasteiger charge is -2.07. The van der Waals surface area contributed by atoms with Crippen LogP contribution in [0.1, 0.15) is 29.2 Å². The maximum Gasteiger partial charge on any atom is 0.433 e. The molecule has 0 radical (unpaired) electrons. The Bertz CT molecular complexity index is 2140. The largest absolute Gasteiger partial charge is 0.433 e. The van der Waals surface area contributed by atoms with E-state index in [2.05, 4.69) is 35.4 Å². The van der Waals surface area contributed by atoms with Crippen LogP contribution in [0.4, 0.5) is 53.9 Å². The predicted molar refractivity (Wildman–Crippen MR) is 182 cm³/mol. The van der Waals surface area contributed by atoms with Gasteiger partial charge in [0, 0.05) is 21.9 Å². The maximum absolute atomic E-state index is 12.7. The van der Waals surface area contributed by atoms with Crippen LogP contribution in [-0.4, -0.2) is 25.8 Å². The SMILES string of the molecule is C.NC(=O)c1cccc(-c2csc(Nc3cccc(C(F)(F)F)n3)n2)c1.[C-]#[N+]c1cccc(-c2csc(Nc3cccc(C(F)(F)F)n3)n2)c1. The van der Waals surface area contributed by atoms with Crippen molar-refractivity contribution in [1.82, 2.24) is 19.9 Å². The molecule has 1 amide bonds. The third-order valence-corrected chi connectivity index (χ3v) is 7.79. The molecule has 4 N–H and O–H groups in total. The quantitative estimate of drug-likeness (QED) is 0.111. The Labute approximate surface area is 289 Å². The summed E-state index contributed by atoms with van der Waals surface area (Å²) in [5.41, 5.74) is 6.80. The molecule has 0 spiro atoms. The highest BCUT2D eigenvalue weighted by atomic mass is 32.1. The van der Waals surface area contributed by atoms with Gasteiger partial charge in [0.05, 0.1) is 18.0 Å². The van der Waals surface area contributed by atoms with Crippen molar-refractivity contribution in [3.05, 3.63) is 124 Å². The van der Waals surface area contributed by atoms with Crippen LogP contribution in [0.25, 0.3) is 27.4 Å². The topological polar surface area (TPSA) is 123 Å². The fourth-order valence-electron chi connectivity index (χ4n) is 4.04. The fourth-order valence-corrected chi connectivity index (χ4v) is 5.49. The molecule has 2 aromatic carbocycles. The number of hydrogen-bond acceptors (Lipinski definition) is 9.